The van der Waals surface area contributed by atoms with Gasteiger partial charge in [-0.1, -0.05) is 41.5 Å². The van der Waals surface area contributed by atoms with Crippen molar-refractivity contribution in [2.45, 2.75) is 79.6 Å². The predicted octanol–water partition coefficient (Wildman–Crippen LogP) is 3.25. The molecule has 1 heterocycles. The maximum atomic E-state index is 12.6. The molecule has 0 saturated carbocycles. The van der Waals surface area contributed by atoms with Crippen molar-refractivity contribution < 1.29 is 4.79 Å². The van der Waals surface area contributed by atoms with Gasteiger partial charge in [-0.25, -0.2) is 0 Å². The van der Waals surface area contributed by atoms with Crippen LogP contribution in [0.4, 0.5) is 0 Å². The molecule has 3 atom stereocenters. The van der Waals surface area contributed by atoms with Crippen LogP contribution in [0.3, 0.4) is 0 Å². The van der Waals surface area contributed by atoms with Crippen LogP contribution in [0.25, 0.3) is 0 Å². The van der Waals surface area contributed by atoms with Gasteiger partial charge in [0, 0.05) is 6.04 Å². The molecule has 0 aromatic heterocycles. The van der Waals surface area contributed by atoms with E-state index in [2.05, 4.69) is 58.7 Å². The molecule has 3 heteroatoms. The monoisotopic (exact) mass is 268 g/mol. The number of rotatable bonds is 6. The highest BCUT2D eigenvalue weighted by Gasteiger charge is 2.42. The van der Waals surface area contributed by atoms with Crippen LogP contribution in [0.5, 0.6) is 0 Å². The van der Waals surface area contributed by atoms with E-state index in [1.807, 2.05) is 0 Å². The first-order chi connectivity index (χ1) is 8.73. The van der Waals surface area contributed by atoms with Crippen molar-refractivity contribution in [2.24, 2.45) is 17.8 Å². The molecule has 112 valence electrons. The van der Waals surface area contributed by atoms with Crippen molar-refractivity contribution in [2.75, 3.05) is 0 Å². The van der Waals surface area contributed by atoms with Crippen LogP contribution in [-0.2, 0) is 4.79 Å². The molecule has 0 aromatic carbocycles. The summed E-state index contributed by atoms with van der Waals surface area (Å²) in [6.07, 6.45) is 2.33. The third-order valence-corrected chi connectivity index (χ3v) is 3.88. The fourth-order valence-electron chi connectivity index (χ4n) is 3.10. The predicted molar refractivity (Wildman–Crippen MR) is 80.8 cm³/mol. The van der Waals surface area contributed by atoms with Gasteiger partial charge in [0.2, 0.25) is 5.91 Å². The van der Waals surface area contributed by atoms with Crippen molar-refractivity contribution >= 4 is 5.91 Å². The van der Waals surface area contributed by atoms with Crippen LogP contribution >= 0.6 is 0 Å². The zero-order chi connectivity index (χ0) is 14.7. The molecule has 3 unspecified atom stereocenters. The first kappa shape index (κ1) is 16.5. The van der Waals surface area contributed by atoms with E-state index in [4.69, 9.17) is 0 Å². The van der Waals surface area contributed by atoms with Gasteiger partial charge in [0.05, 0.1) is 12.2 Å². The number of hydrogen-bond donors (Lipinski definition) is 1. The first-order valence-corrected chi connectivity index (χ1v) is 7.82. The van der Waals surface area contributed by atoms with E-state index in [1.165, 1.54) is 0 Å². The van der Waals surface area contributed by atoms with Gasteiger partial charge >= 0.3 is 0 Å². The SMILES string of the molecule is CC(C)CC(C)N1C(=O)C(C(C)C)NC1CC(C)C. The Labute approximate surface area is 119 Å². The summed E-state index contributed by atoms with van der Waals surface area (Å²) in [5, 5.41) is 3.55. The van der Waals surface area contributed by atoms with Crippen molar-refractivity contribution in [3.63, 3.8) is 0 Å². The lowest BCUT2D eigenvalue weighted by Crippen LogP contribution is -2.44. The zero-order valence-corrected chi connectivity index (χ0v) is 13.7. The van der Waals surface area contributed by atoms with Crippen LogP contribution in [0.2, 0.25) is 0 Å². The molecule has 1 saturated heterocycles. The van der Waals surface area contributed by atoms with Crippen LogP contribution in [0, 0.1) is 17.8 Å². The summed E-state index contributed by atoms with van der Waals surface area (Å²) in [5.74, 6) is 1.89. The van der Waals surface area contributed by atoms with Crippen LogP contribution in [0.1, 0.15) is 61.3 Å². The Morgan fingerprint density at radius 3 is 2.05 bits per heavy atom. The number of carbonyl (C=O) groups excluding carboxylic acids is 1. The average Bonchev–Trinajstić information content (AvgIpc) is 2.53. The Kier molecular flexibility index (Phi) is 5.84. The summed E-state index contributed by atoms with van der Waals surface area (Å²) in [4.78, 5) is 14.7. The smallest absolute Gasteiger partial charge is 0.241 e. The van der Waals surface area contributed by atoms with Crippen LogP contribution in [-0.4, -0.2) is 29.1 Å². The largest absolute Gasteiger partial charge is 0.323 e. The molecular formula is C16H32N2O. The number of hydrogen-bond acceptors (Lipinski definition) is 2. The van der Waals surface area contributed by atoms with Crippen LogP contribution in [0.15, 0.2) is 0 Å². The third-order valence-electron chi connectivity index (χ3n) is 3.88. The number of nitrogens with one attached hydrogen (secondary N) is 1. The maximum absolute atomic E-state index is 12.6. The molecule has 19 heavy (non-hydrogen) atoms. The summed E-state index contributed by atoms with van der Waals surface area (Å²) >= 11 is 0. The lowest BCUT2D eigenvalue weighted by molar-refractivity contribution is -0.133. The van der Waals surface area contributed by atoms with Gasteiger partial charge in [-0.2, -0.15) is 0 Å². The normalized spacial score (nSPS) is 26.0. The van der Waals surface area contributed by atoms with E-state index in [0.717, 1.165) is 12.8 Å². The lowest BCUT2D eigenvalue weighted by atomic mass is 10.0. The summed E-state index contributed by atoms with van der Waals surface area (Å²) in [7, 11) is 0. The molecule has 3 nitrogen and oxygen atoms in total. The molecule has 1 rings (SSSR count). The van der Waals surface area contributed by atoms with E-state index < -0.39 is 0 Å². The number of nitrogens with zero attached hydrogens (tertiary/aromatic N) is 1. The summed E-state index contributed by atoms with van der Waals surface area (Å²) in [5.41, 5.74) is 0. The topological polar surface area (TPSA) is 32.3 Å². The Balaban J connectivity index is 2.84. The Bertz CT molecular complexity index is 299. The number of carbonyl (C=O) groups is 1. The Morgan fingerprint density at radius 2 is 1.63 bits per heavy atom. The molecule has 0 bridgehead atoms. The molecule has 0 aliphatic carbocycles. The standard InChI is InChI=1S/C16H32N2O/c1-10(2)8-13(7)18-14(9-11(3)4)17-15(12(5)6)16(18)19/h10-15,17H,8-9H2,1-7H3. The van der Waals surface area contributed by atoms with Gasteiger partial charge in [0.25, 0.3) is 0 Å². The minimum Gasteiger partial charge on any atom is -0.323 e. The Hall–Kier alpha value is -0.570. The average molecular weight is 268 g/mol. The minimum atomic E-state index is -0.00152. The highest BCUT2D eigenvalue weighted by Crippen LogP contribution is 2.26. The quantitative estimate of drug-likeness (QED) is 0.802. The molecule has 1 N–H and O–H groups in total. The second-order valence-electron chi connectivity index (χ2n) is 7.26. The highest BCUT2D eigenvalue weighted by molar-refractivity contribution is 5.84. The second kappa shape index (κ2) is 6.74. The van der Waals surface area contributed by atoms with E-state index in [0.29, 0.717) is 29.7 Å². The lowest BCUT2D eigenvalue weighted by Gasteiger charge is -2.32. The van der Waals surface area contributed by atoms with E-state index in [-0.39, 0.29) is 12.2 Å². The van der Waals surface area contributed by atoms with Crippen LogP contribution < -0.4 is 5.32 Å². The second-order valence-corrected chi connectivity index (χ2v) is 7.26. The molecule has 0 spiro atoms. The van der Waals surface area contributed by atoms with Gasteiger partial charge in [-0.15, -0.1) is 0 Å². The van der Waals surface area contributed by atoms with Gasteiger partial charge in [0.1, 0.15) is 0 Å². The van der Waals surface area contributed by atoms with Crippen molar-refractivity contribution in [1.29, 1.82) is 0 Å². The van der Waals surface area contributed by atoms with E-state index >= 15 is 0 Å². The van der Waals surface area contributed by atoms with E-state index in [9.17, 15) is 4.79 Å². The fourth-order valence-corrected chi connectivity index (χ4v) is 3.10. The maximum Gasteiger partial charge on any atom is 0.241 e. The minimum absolute atomic E-state index is 0.00152. The summed E-state index contributed by atoms with van der Waals surface area (Å²) < 4.78 is 0. The molecule has 1 amide bonds. The highest BCUT2D eigenvalue weighted by atomic mass is 16.2. The Morgan fingerprint density at radius 1 is 1.05 bits per heavy atom. The van der Waals surface area contributed by atoms with Gasteiger partial charge in [-0.05, 0) is 37.5 Å². The van der Waals surface area contributed by atoms with Crippen molar-refractivity contribution in [3.8, 4) is 0 Å². The zero-order valence-electron chi connectivity index (χ0n) is 13.7. The first-order valence-electron chi connectivity index (χ1n) is 7.82. The molecular weight excluding hydrogens is 236 g/mol. The van der Waals surface area contributed by atoms with Crippen molar-refractivity contribution in [1.82, 2.24) is 10.2 Å². The molecule has 0 radical (unpaired) electrons. The number of amides is 1. The van der Waals surface area contributed by atoms with Gasteiger partial charge in [0.15, 0.2) is 0 Å². The molecule has 1 aliphatic rings. The van der Waals surface area contributed by atoms with Gasteiger partial charge < -0.3 is 4.90 Å². The summed E-state index contributed by atoms with van der Waals surface area (Å²) in [6, 6.07) is 0.325. The third kappa shape index (κ3) is 4.20. The fraction of sp³-hybridized carbons (Fsp3) is 0.938. The van der Waals surface area contributed by atoms with Gasteiger partial charge in [-0.3, -0.25) is 10.1 Å². The molecule has 1 aliphatic heterocycles. The summed E-state index contributed by atoms with van der Waals surface area (Å²) in [6.45, 7) is 15.3. The van der Waals surface area contributed by atoms with Crippen molar-refractivity contribution in [3.05, 3.63) is 0 Å². The molecule has 1 fully saturated rings. The van der Waals surface area contributed by atoms with E-state index in [1.54, 1.807) is 0 Å². The molecule has 0 aromatic rings.